The van der Waals surface area contributed by atoms with Gasteiger partial charge in [0.05, 0.1) is 39.0 Å². The Kier molecular flexibility index (Phi) is 5.33. The summed E-state index contributed by atoms with van der Waals surface area (Å²) in [5, 5.41) is 15.7. The van der Waals surface area contributed by atoms with Gasteiger partial charge in [-0.3, -0.25) is 34.4 Å². The van der Waals surface area contributed by atoms with E-state index in [9.17, 15) is 24.5 Å². The second-order valence-corrected chi connectivity index (χ2v) is 11.5. The molecular weight excluding hydrogens is 522 g/mol. The van der Waals surface area contributed by atoms with E-state index in [-0.39, 0.29) is 22.9 Å². The molecule has 41 heavy (non-hydrogen) atoms. The number of anilines is 1. The van der Waals surface area contributed by atoms with Crippen molar-refractivity contribution in [3.63, 3.8) is 0 Å². The van der Waals surface area contributed by atoms with E-state index in [0.717, 1.165) is 4.90 Å². The van der Waals surface area contributed by atoms with Gasteiger partial charge in [-0.2, -0.15) is 0 Å². The number of carbonyl (C=O) groups excluding carboxylic acids is 2. The van der Waals surface area contributed by atoms with Gasteiger partial charge < -0.3 is 0 Å². The number of hydrogen-bond acceptors (Lipinski definition) is 7. The molecule has 2 fully saturated rings. The number of benzene rings is 3. The smallest absolute Gasteiger partial charge is 0.271 e. The van der Waals surface area contributed by atoms with Crippen LogP contribution in [-0.4, -0.2) is 32.3 Å². The molecule has 10 heteroatoms. The molecule has 0 aliphatic carbocycles. The van der Waals surface area contributed by atoms with Crippen molar-refractivity contribution < 1.29 is 14.5 Å². The molecule has 3 aliphatic rings. The highest BCUT2D eigenvalue weighted by Crippen LogP contribution is 2.56. The van der Waals surface area contributed by atoms with Crippen molar-refractivity contribution in [3.8, 4) is 5.69 Å². The molecule has 0 radical (unpaired) electrons. The minimum Gasteiger partial charge on any atom is -0.297 e. The lowest BCUT2D eigenvalue weighted by molar-refractivity contribution is -0.384. The van der Waals surface area contributed by atoms with Crippen LogP contribution in [0.4, 0.5) is 11.4 Å². The Morgan fingerprint density at radius 3 is 2.49 bits per heavy atom. The van der Waals surface area contributed by atoms with E-state index in [1.54, 1.807) is 35.8 Å². The number of non-ortho nitro benzene ring substituents is 1. The maximum atomic E-state index is 14.6. The highest BCUT2D eigenvalue weighted by molar-refractivity contribution is 6.23. The van der Waals surface area contributed by atoms with E-state index < -0.39 is 40.2 Å². The summed E-state index contributed by atoms with van der Waals surface area (Å²) < 4.78 is 1.57. The number of para-hydroxylation sites is 2. The molecular formula is C31H27N5O5. The molecule has 2 saturated heterocycles. The minimum absolute atomic E-state index is 0.197. The van der Waals surface area contributed by atoms with Gasteiger partial charge in [-0.25, -0.2) is 9.88 Å². The maximum Gasteiger partial charge on any atom is 0.271 e. The number of carbonyl (C=O) groups is 2. The van der Waals surface area contributed by atoms with Crippen molar-refractivity contribution in [2.75, 3.05) is 4.90 Å². The number of nitro groups is 1. The first kappa shape index (κ1) is 25.3. The van der Waals surface area contributed by atoms with Crippen LogP contribution in [0, 0.1) is 34.8 Å². The quantitative estimate of drug-likeness (QED) is 0.232. The average molecular weight is 550 g/mol. The van der Waals surface area contributed by atoms with Gasteiger partial charge in [0.25, 0.3) is 11.2 Å². The van der Waals surface area contributed by atoms with E-state index in [1.807, 2.05) is 30.3 Å². The van der Waals surface area contributed by atoms with Gasteiger partial charge >= 0.3 is 0 Å². The molecule has 0 unspecified atom stereocenters. The van der Waals surface area contributed by atoms with Crippen molar-refractivity contribution in [2.45, 2.75) is 38.8 Å². The fourth-order valence-electron chi connectivity index (χ4n) is 7.12. The third-order valence-electron chi connectivity index (χ3n) is 8.73. The van der Waals surface area contributed by atoms with E-state index in [0.29, 0.717) is 40.0 Å². The first-order valence-electron chi connectivity index (χ1n) is 13.7. The molecule has 4 atom stereocenters. The predicted molar refractivity (Wildman–Crippen MR) is 152 cm³/mol. The summed E-state index contributed by atoms with van der Waals surface area (Å²) in [5.41, 5.74) is 0.913. The van der Waals surface area contributed by atoms with Gasteiger partial charge in [0.2, 0.25) is 11.8 Å². The number of hydrogen-bond donors (Lipinski definition) is 1. The third-order valence-corrected chi connectivity index (χ3v) is 8.73. The van der Waals surface area contributed by atoms with Crippen LogP contribution < -0.4 is 15.8 Å². The average Bonchev–Trinajstić information content (AvgIpc) is 3.52. The van der Waals surface area contributed by atoms with Gasteiger partial charge in [0.15, 0.2) is 0 Å². The molecule has 0 saturated carbocycles. The summed E-state index contributed by atoms with van der Waals surface area (Å²) in [4.78, 5) is 59.9. The number of nitrogens with one attached hydrogen (secondary N) is 1. The Balaban J connectivity index is 1.51. The molecule has 1 N–H and O–H groups in total. The number of fused-ring (bicyclic) bond motifs is 8. The van der Waals surface area contributed by atoms with E-state index in [2.05, 4.69) is 19.2 Å². The standard InChI is InChI=1S/C31H27N5O5/c1-16(2)14-22-25-26(29(39)34(28(25)38)24-15-18(36(40)41)13-12-17(24)3)31(33-22)20-9-5-7-11-23(20)35-27(37)19-8-4-6-10-21(19)32-30(31)35/h4-13,15-16,22,25-26,33H,14H2,1-3H3/t22-,25-,26+,31+/m0/s1. The summed E-state index contributed by atoms with van der Waals surface area (Å²) in [6, 6.07) is 18.3. The van der Waals surface area contributed by atoms with Crippen molar-refractivity contribution in [2.24, 2.45) is 17.8 Å². The SMILES string of the molecule is Cc1ccc([N+](=O)[O-])cc1N1C(=O)[C@H]2[C@H](CC(C)C)N[C@]3(c4ccccc4-n4c3nc3ccccc3c4=O)[C@H]2C1=O. The topological polar surface area (TPSA) is 127 Å². The van der Waals surface area contributed by atoms with Gasteiger partial charge in [-0.05, 0) is 43.0 Å². The summed E-state index contributed by atoms with van der Waals surface area (Å²) in [6.45, 7) is 5.83. The third kappa shape index (κ3) is 3.28. The summed E-state index contributed by atoms with van der Waals surface area (Å²) in [5.74, 6) is -1.97. The first-order chi connectivity index (χ1) is 19.6. The second kappa shape index (κ2) is 8.65. The van der Waals surface area contributed by atoms with Crippen LogP contribution in [0.5, 0.6) is 0 Å². The van der Waals surface area contributed by atoms with Crippen LogP contribution >= 0.6 is 0 Å². The van der Waals surface area contributed by atoms with Crippen molar-refractivity contribution >= 4 is 34.1 Å². The highest BCUT2D eigenvalue weighted by Gasteiger charge is 2.69. The Labute approximate surface area is 234 Å². The number of amides is 2. The molecule has 10 nitrogen and oxygen atoms in total. The molecule has 7 rings (SSSR count). The van der Waals surface area contributed by atoms with Crippen LogP contribution in [0.3, 0.4) is 0 Å². The van der Waals surface area contributed by atoms with Gasteiger partial charge in [-0.15, -0.1) is 0 Å². The maximum absolute atomic E-state index is 14.6. The summed E-state index contributed by atoms with van der Waals surface area (Å²) >= 11 is 0. The molecule has 4 heterocycles. The Hall–Kier alpha value is -4.70. The van der Waals surface area contributed by atoms with Crippen molar-refractivity contribution in [1.29, 1.82) is 0 Å². The molecule has 3 aromatic carbocycles. The number of nitrogens with zero attached hydrogens (tertiary/aromatic N) is 4. The molecule has 0 bridgehead atoms. The number of nitro benzene ring substituents is 1. The Bertz CT molecular complexity index is 1880. The molecule has 206 valence electrons. The fourth-order valence-corrected chi connectivity index (χ4v) is 7.12. The Morgan fingerprint density at radius 1 is 1.00 bits per heavy atom. The molecule has 1 spiro atoms. The van der Waals surface area contributed by atoms with Crippen LogP contribution in [0.25, 0.3) is 16.6 Å². The first-order valence-corrected chi connectivity index (χ1v) is 13.7. The zero-order valence-electron chi connectivity index (χ0n) is 22.7. The van der Waals surface area contributed by atoms with E-state index in [1.165, 1.54) is 12.1 Å². The van der Waals surface area contributed by atoms with E-state index in [4.69, 9.17) is 4.98 Å². The second-order valence-electron chi connectivity index (χ2n) is 11.5. The lowest BCUT2D eigenvalue weighted by Crippen LogP contribution is -2.50. The monoisotopic (exact) mass is 549 g/mol. The highest BCUT2D eigenvalue weighted by atomic mass is 16.6. The Morgan fingerprint density at radius 2 is 1.73 bits per heavy atom. The fraction of sp³-hybridized carbons (Fsp3) is 0.290. The van der Waals surface area contributed by atoms with Crippen LogP contribution in [0.2, 0.25) is 0 Å². The van der Waals surface area contributed by atoms with Gasteiger partial charge in [-0.1, -0.05) is 50.2 Å². The van der Waals surface area contributed by atoms with Crippen molar-refractivity contribution in [1.82, 2.24) is 14.9 Å². The van der Waals surface area contributed by atoms with Crippen LogP contribution in [-0.2, 0) is 15.1 Å². The number of aromatic nitrogens is 2. The minimum atomic E-state index is -1.25. The summed E-state index contributed by atoms with van der Waals surface area (Å²) in [6.07, 6.45) is 0.601. The molecule has 3 aliphatic heterocycles. The van der Waals surface area contributed by atoms with Crippen molar-refractivity contribution in [3.05, 3.63) is 104 Å². The number of imide groups is 1. The lowest BCUT2D eigenvalue weighted by Gasteiger charge is -2.32. The largest absolute Gasteiger partial charge is 0.297 e. The lowest BCUT2D eigenvalue weighted by atomic mass is 9.75. The van der Waals surface area contributed by atoms with Crippen LogP contribution in [0.1, 0.15) is 37.2 Å². The number of rotatable bonds is 4. The molecule has 1 aromatic heterocycles. The molecule has 2 amide bonds. The van der Waals surface area contributed by atoms with Gasteiger partial charge in [0.1, 0.15) is 11.4 Å². The predicted octanol–water partition coefficient (Wildman–Crippen LogP) is 3.98. The van der Waals surface area contributed by atoms with Gasteiger partial charge in [0, 0.05) is 23.7 Å². The molecule has 4 aromatic rings. The van der Waals surface area contributed by atoms with E-state index >= 15 is 0 Å². The zero-order valence-corrected chi connectivity index (χ0v) is 22.7. The normalized spacial score (nSPS) is 24.4. The zero-order chi connectivity index (χ0) is 28.8. The number of aryl methyl sites for hydroxylation is 1. The summed E-state index contributed by atoms with van der Waals surface area (Å²) in [7, 11) is 0. The van der Waals surface area contributed by atoms with Crippen LogP contribution in [0.15, 0.2) is 71.5 Å².